The van der Waals surface area contributed by atoms with Gasteiger partial charge in [0.1, 0.15) is 11.6 Å². The van der Waals surface area contributed by atoms with Crippen molar-refractivity contribution in [1.29, 1.82) is 0 Å². The van der Waals surface area contributed by atoms with Crippen molar-refractivity contribution in [2.75, 3.05) is 0 Å². The van der Waals surface area contributed by atoms with Crippen LogP contribution in [0.4, 0.5) is 8.78 Å². The van der Waals surface area contributed by atoms with Gasteiger partial charge in [-0.15, -0.1) is 5.10 Å². The number of carbonyl (C=O) groups is 1. The summed E-state index contributed by atoms with van der Waals surface area (Å²) in [6.45, 7) is 1.76. The summed E-state index contributed by atoms with van der Waals surface area (Å²) in [6.07, 6.45) is 1.44. The lowest BCUT2D eigenvalue weighted by molar-refractivity contribution is 0.0946. The largest absolute Gasteiger partial charge is 0.346 e. The van der Waals surface area contributed by atoms with Gasteiger partial charge in [-0.25, -0.2) is 13.5 Å². The minimum Gasteiger partial charge on any atom is -0.346 e. The Labute approximate surface area is 147 Å². The molecular weight excluding hydrogens is 350 g/mol. The summed E-state index contributed by atoms with van der Waals surface area (Å²) in [5.41, 5.74) is 1.73. The average Bonchev–Trinajstić information content (AvgIpc) is 3.06. The quantitative estimate of drug-likeness (QED) is 0.773. The molecule has 3 aromatic rings. The van der Waals surface area contributed by atoms with E-state index in [4.69, 9.17) is 11.6 Å². The summed E-state index contributed by atoms with van der Waals surface area (Å²) in [5.74, 6) is -1.22. The predicted octanol–water partition coefficient (Wildman–Crippen LogP) is 3.44. The molecule has 0 aliphatic rings. The third kappa shape index (κ3) is 3.83. The first-order chi connectivity index (χ1) is 11.9. The second-order valence-electron chi connectivity index (χ2n) is 5.40. The van der Waals surface area contributed by atoms with Crippen molar-refractivity contribution >= 4 is 17.5 Å². The molecule has 0 saturated carbocycles. The van der Waals surface area contributed by atoms with E-state index in [1.807, 2.05) is 0 Å². The average molecular weight is 363 g/mol. The van der Waals surface area contributed by atoms with Crippen LogP contribution in [0.2, 0.25) is 5.02 Å². The molecule has 3 rings (SSSR count). The van der Waals surface area contributed by atoms with E-state index in [0.717, 1.165) is 0 Å². The van der Waals surface area contributed by atoms with Crippen LogP contribution in [0.1, 0.15) is 21.6 Å². The molecule has 0 fully saturated rings. The molecule has 0 bridgehead atoms. The van der Waals surface area contributed by atoms with E-state index in [1.54, 1.807) is 13.0 Å². The zero-order valence-electron chi connectivity index (χ0n) is 13.1. The number of rotatable bonds is 4. The molecule has 1 heterocycles. The van der Waals surface area contributed by atoms with E-state index in [-0.39, 0.29) is 23.1 Å². The van der Waals surface area contributed by atoms with Crippen LogP contribution in [0, 0.1) is 18.6 Å². The monoisotopic (exact) mass is 362 g/mol. The molecule has 25 heavy (non-hydrogen) atoms. The lowest BCUT2D eigenvalue weighted by atomic mass is 10.2. The normalized spacial score (nSPS) is 10.7. The molecule has 1 N–H and O–H groups in total. The zero-order valence-corrected chi connectivity index (χ0v) is 13.9. The third-order valence-electron chi connectivity index (χ3n) is 3.59. The van der Waals surface area contributed by atoms with Crippen molar-refractivity contribution in [1.82, 2.24) is 20.3 Å². The van der Waals surface area contributed by atoms with Gasteiger partial charge in [0.05, 0.1) is 11.9 Å². The van der Waals surface area contributed by atoms with Gasteiger partial charge in [0.15, 0.2) is 5.69 Å². The van der Waals surface area contributed by atoms with E-state index >= 15 is 0 Å². The highest BCUT2D eigenvalue weighted by Crippen LogP contribution is 2.17. The molecule has 2 aromatic carbocycles. The number of amides is 1. The highest BCUT2D eigenvalue weighted by Gasteiger charge is 2.13. The lowest BCUT2D eigenvalue weighted by Gasteiger charge is -2.05. The van der Waals surface area contributed by atoms with E-state index in [9.17, 15) is 13.6 Å². The van der Waals surface area contributed by atoms with Gasteiger partial charge in [0.2, 0.25) is 0 Å². The molecule has 0 saturated heterocycles. The van der Waals surface area contributed by atoms with Gasteiger partial charge < -0.3 is 5.32 Å². The second kappa shape index (κ2) is 6.98. The maximum Gasteiger partial charge on any atom is 0.273 e. The Morgan fingerprint density at radius 1 is 1.24 bits per heavy atom. The topological polar surface area (TPSA) is 59.8 Å². The summed E-state index contributed by atoms with van der Waals surface area (Å²) in [6, 6.07) is 8.40. The minimum absolute atomic E-state index is 0.0974. The third-order valence-corrected chi connectivity index (χ3v) is 3.94. The van der Waals surface area contributed by atoms with Crippen molar-refractivity contribution in [3.63, 3.8) is 0 Å². The van der Waals surface area contributed by atoms with Crippen LogP contribution in [0.5, 0.6) is 0 Å². The summed E-state index contributed by atoms with van der Waals surface area (Å²) in [4.78, 5) is 12.2. The second-order valence-corrected chi connectivity index (χ2v) is 5.81. The summed E-state index contributed by atoms with van der Waals surface area (Å²) in [7, 11) is 0. The molecule has 128 valence electrons. The molecule has 1 aromatic heterocycles. The minimum atomic E-state index is -0.453. The fraction of sp³-hybridized carbons (Fsp3) is 0.118. The van der Waals surface area contributed by atoms with Crippen molar-refractivity contribution in [3.8, 4) is 5.69 Å². The Balaban J connectivity index is 1.71. The SMILES string of the molecule is Cc1cc(-n2cc(C(=O)NCc3ccc(F)cc3Cl)nn2)ccc1F. The van der Waals surface area contributed by atoms with E-state index in [0.29, 0.717) is 16.8 Å². The molecule has 0 radical (unpaired) electrons. The number of nitrogens with one attached hydrogen (secondary N) is 1. The number of aromatic nitrogens is 3. The van der Waals surface area contributed by atoms with E-state index < -0.39 is 11.7 Å². The van der Waals surface area contributed by atoms with Crippen LogP contribution in [0.25, 0.3) is 5.69 Å². The van der Waals surface area contributed by atoms with Crippen LogP contribution < -0.4 is 5.32 Å². The van der Waals surface area contributed by atoms with Gasteiger partial charge >= 0.3 is 0 Å². The standard InChI is InChI=1S/C17H13ClF2N4O/c1-10-6-13(4-5-15(10)20)24-9-16(22-23-24)17(25)21-8-11-2-3-12(19)7-14(11)18/h2-7,9H,8H2,1H3,(H,21,25). The first kappa shape index (κ1) is 17.0. The lowest BCUT2D eigenvalue weighted by Crippen LogP contribution is -2.23. The smallest absolute Gasteiger partial charge is 0.273 e. The number of halogens is 3. The molecule has 0 aliphatic carbocycles. The van der Waals surface area contributed by atoms with Crippen LogP contribution >= 0.6 is 11.6 Å². The molecule has 8 heteroatoms. The van der Waals surface area contributed by atoms with Crippen molar-refractivity contribution in [2.45, 2.75) is 13.5 Å². The van der Waals surface area contributed by atoms with Gasteiger partial charge in [-0.3, -0.25) is 4.79 Å². The summed E-state index contributed by atoms with van der Waals surface area (Å²) >= 11 is 5.92. The van der Waals surface area contributed by atoms with E-state index in [1.165, 1.54) is 41.2 Å². The first-order valence-electron chi connectivity index (χ1n) is 7.35. The molecule has 0 spiro atoms. The van der Waals surface area contributed by atoms with Gasteiger partial charge in [0.25, 0.3) is 5.91 Å². The fourth-order valence-electron chi connectivity index (χ4n) is 2.20. The predicted molar refractivity (Wildman–Crippen MR) is 88.6 cm³/mol. The highest BCUT2D eigenvalue weighted by molar-refractivity contribution is 6.31. The Morgan fingerprint density at radius 3 is 2.76 bits per heavy atom. The first-order valence-corrected chi connectivity index (χ1v) is 7.73. The molecule has 5 nitrogen and oxygen atoms in total. The van der Waals surface area contributed by atoms with Crippen LogP contribution in [-0.2, 0) is 6.54 Å². The zero-order chi connectivity index (χ0) is 18.0. The van der Waals surface area contributed by atoms with Crippen molar-refractivity contribution < 1.29 is 13.6 Å². The Hall–Kier alpha value is -2.80. The van der Waals surface area contributed by atoms with Gasteiger partial charge in [-0.1, -0.05) is 22.9 Å². The van der Waals surface area contributed by atoms with Gasteiger partial charge in [0, 0.05) is 11.6 Å². The van der Waals surface area contributed by atoms with Crippen LogP contribution in [0.15, 0.2) is 42.6 Å². The van der Waals surface area contributed by atoms with Crippen molar-refractivity contribution in [2.24, 2.45) is 0 Å². The molecule has 0 atom stereocenters. The number of hydrogen-bond donors (Lipinski definition) is 1. The number of aryl methyl sites for hydroxylation is 1. The summed E-state index contributed by atoms with van der Waals surface area (Å²) < 4.78 is 27.7. The Morgan fingerprint density at radius 2 is 2.04 bits per heavy atom. The maximum absolute atomic E-state index is 13.3. The molecular formula is C17H13ClF2N4O. The Kier molecular flexibility index (Phi) is 4.76. The van der Waals surface area contributed by atoms with Gasteiger partial charge in [-0.05, 0) is 48.4 Å². The number of nitrogens with zero attached hydrogens (tertiary/aromatic N) is 3. The maximum atomic E-state index is 13.3. The number of hydrogen-bond acceptors (Lipinski definition) is 3. The highest BCUT2D eigenvalue weighted by atomic mass is 35.5. The molecule has 0 unspecified atom stereocenters. The van der Waals surface area contributed by atoms with Crippen LogP contribution in [0.3, 0.4) is 0 Å². The fourth-order valence-corrected chi connectivity index (χ4v) is 2.43. The van der Waals surface area contributed by atoms with E-state index in [2.05, 4.69) is 15.6 Å². The molecule has 0 aliphatic heterocycles. The number of benzene rings is 2. The van der Waals surface area contributed by atoms with Gasteiger partial charge in [-0.2, -0.15) is 0 Å². The number of carbonyl (C=O) groups excluding carboxylic acids is 1. The van der Waals surface area contributed by atoms with Crippen molar-refractivity contribution in [3.05, 3.63) is 76.1 Å². The summed E-state index contributed by atoms with van der Waals surface area (Å²) in [5, 5.41) is 10.5. The Bertz CT molecular complexity index is 942. The van der Waals surface area contributed by atoms with Crippen LogP contribution in [-0.4, -0.2) is 20.9 Å². The molecule has 1 amide bonds.